The molecule has 1 heterocycles. The normalized spacial score (nSPS) is 27.8. The number of hydrogen-bond donors (Lipinski definition) is 2. The van der Waals surface area contributed by atoms with Crippen molar-refractivity contribution in [2.45, 2.75) is 22.7 Å². The molecule has 0 aromatic heterocycles. The van der Waals surface area contributed by atoms with Gasteiger partial charge in [0.25, 0.3) is 0 Å². The number of carboxylic acids is 1. The first-order chi connectivity index (χ1) is 17.6. The molecule has 1 fully saturated rings. The van der Waals surface area contributed by atoms with Gasteiger partial charge < -0.3 is 10.4 Å². The Morgan fingerprint density at radius 1 is 0.838 bits per heavy atom. The minimum Gasteiger partial charge on any atom is -0.478 e. The number of nitrogens with one attached hydrogen (secondary N) is 1. The van der Waals surface area contributed by atoms with Crippen molar-refractivity contribution in [3.8, 4) is 0 Å². The second-order valence-corrected chi connectivity index (χ2v) is 10.8. The lowest BCUT2D eigenvalue weighted by Crippen LogP contribution is -2.57. The zero-order valence-corrected chi connectivity index (χ0v) is 21.0. The largest absolute Gasteiger partial charge is 0.478 e. The highest BCUT2D eigenvalue weighted by Crippen LogP contribution is 2.69. The van der Waals surface area contributed by atoms with Crippen molar-refractivity contribution in [1.82, 2.24) is 4.90 Å². The second-order valence-electron chi connectivity index (χ2n) is 9.57. The number of carboxylic acid groups (broad SMARTS) is 1. The van der Waals surface area contributed by atoms with E-state index in [-0.39, 0.29) is 11.3 Å². The molecule has 0 radical (unpaired) electrons. The van der Waals surface area contributed by atoms with Crippen molar-refractivity contribution in [1.29, 1.82) is 0 Å². The number of hydrogen-bond acceptors (Lipinski definition) is 4. The number of rotatable bonds is 4. The minimum atomic E-state index is -1.33. The van der Waals surface area contributed by atoms with Crippen molar-refractivity contribution in [3.63, 3.8) is 0 Å². The van der Waals surface area contributed by atoms with E-state index in [0.29, 0.717) is 22.3 Å². The second kappa shape index (κ2) is 7.91. The summed E-state index contributed by atoms with van der Waals surface area (Å²) in [6.07, 6.45) is 0. The highest BCUT2D eigenvalue weighted by atomic mass is 35.5. The van der Waals surface area contributed by atoms with E-state index >= 15 is 0 Å². The number of alkyl halides is 2. The van der Waals surface area contributed by atoms with Gasteiger partial charge in [-0.3, -0.25) is 19.3 Å². The number of amides is 3. The molecule has 0 saturated carbocycles. The molecular formula is C28H20Cl2N2O5. The van der Waals surface area contributed by atoms with Crippen LogP contribution < -0.4 is 5.32 Å². The molecule has 2 bridgehead atoms. The van der Waals surface area contributed by atoms with E-state index in [2.05, 4.69) is 5.32 Å². The van der Waals surface area contributed by atoms with Gasteiger partial charge in [0, 0.05) is 5.69 Å². The predicted octanol–water partition coefficient (Wildman–Crippen LogP) is 4.31. The van der Waals surface area contributed by atoms with Gasteiger partial charge in [-0.05, 0) is 47.4 Å². The van der Waals surface area contributed by atoms with E-state index < -0.39 is 51.3 Å². The molecule has 3 aliphatic carbocycles. The third-order valence-corrected chi connectivity index (χ3v) is 9.05. The van der Waals surface area contributed by atoms with Crippen LogP contribution in [0.1, 0.15) is 39.5 Å². The fourth-order valence-electron chi connectivity index (χ4n) is 6.16. The number of carbonyl (C=O) groups is 4. The summed E-state index contributed by atoms with van der Waals surface area (Å²) in [6.45, 7) is 1.45. The topological polar surface area (TPSA) is 104 Å². The standard InChI is InChI=1S/C28H20Cl2N2O5/c1-14(23(33)31-16-8-6-7-15(13-16)26(36)37)32-24(34)21-22(25(32)35)28(30)18-10-3-2-9-17(18)27(21,29)19-11-4-5-12-20(19)28/h2-14,21-22H,1H3,(H,31,33)(H,36,37)/t14-,21-,22-,27?,28?/m1/s1. The van der Waals surface area contributed by atoms with E-state index in [9.17, 15) is 24.3 Å². The number of halogens is 2. The number of carbonyl (C=O) groups excluding carboxylic acids is 3. The lowest BCUT2D eigenvalue weighted by molar-refractivity contribution is -0.146. The zero-order valence-electron chi connectivity index (χ0n) is 19.4. The van der Waals surface area contributed by atoms with Crippen LogP contribution in [-0.2, 0) is 24.1 Å². The molecule has 4 aliphatic rings. The SMILES string of the molecule is C[C@H](C(=O)Nc1cccc(C(=O)O)c1)N1C(=O)[C@H]2[C@H](C1=O)C1(Cl)c3ccccc3C2(Cl)c2ccccc21. The Hall–Kier alpha value is -3.68. The predicted molar refractivity (Wildman–Crippen MR) is 136 cm³/mol. The average molecular weight is 535 g/mol. The molecule has 2 N–H and O–H groups in total. The van der Waals surface area contributed by atoms with Crippen LogP contribution in [0.15, 0.2) is 72.8 Å². The molecule has 3 aromatic carbocycles. The zero-order chi connectivity index (χ0) is 26.3. The number of nitrogens with zero attached hydrogens (tertiary/aromatic N) is 1. The lowest BCUT2D eigenvalue weighted by atomic mass is 9.54. The molecule has 0 unspecified atom stereocenters. The monoisotopic (exact) mass is 534 g/mol. The van der Waals surface area contributed by atoms with Gasteiger partial charge in [0.2, 0.25) is 17.7 Å². The van der Waals surface area contributed by atoms with Gasteiger partial charge in [-0.2, -0.15) is 0 Å². The Balaban J connectivity index is 1.42. The van der Waals surface area contributed by atoms with Gasteiger partial charge in [-0.15, -0.1) is 23.2 Å². The summed E-state index contributed by atoms with van der Waals surface area (Å²) in [5.74, 6) is -4.93. The molecular weight excluding hydrogens is 515 g/mol. The van der Waals surface area contributed by atoms with Crippen LogP contribution in [0.25, 0.3) is 0 Å². The quantitative estimate of drug-likeness (QED) is 0.383. The first kappa shape index (κ1) is 23.7. The maximum atomic E-state index is 14.0. The van der Waals surface area contributed by atoms with Crippen molar-refractivity contribution in [2.24, 2.45) is 11.8 Å². The van der Waals surface area contributed by atoms with Crippen molar-refractivity contribution in [3.05, 3.63) is 101 Å². The third-order valence-electron chi connectivity index (χ3n) is 7.76. The van der Waals surface area contributed by atoms with E-state index in [4.69, 9.17) is 23.2 Å². The van der Waals surface area contributed by atoms with E-state index in [1.54, 1.807) is 0 Å². The summed E-state index contributed by atoms with van der Waals surface area (Å²) >= 11 is 14.8. The molecule has 3 atom stereocenters. The van der Waals surface area contributed by atoms with E-state index in [1.807, 2.05) is 48.5 Å². The number of anilines is 1. The van der Waals surface area contributed by atoms with Gasteiger partial charge >= 0.3 is 5.97 Å². The third kappa shape index (κ3) is 2.95. The fraction of sp³-hybridized carbons (Fsp3) is 0.214. The molecule has 186 valence electrons. The Kier molecular flexibility index (Phi) is 5.07. The van der Waals surface area contributed by atoms with Gasteiger partial charge in [0.15, 0.2) is 0 Å². The highest BCUT2D eigenvalue weighted by Gasteiger charge is 2.73. The Labute approximate surface area is 222 Å². The van der Waals surface area contributed by atoms with Crippen LogP contribution in [-0.4, -0.2) is 39.7 Å². The van der Waals surface area contributed by atoms with Crippen LogP contribution >= 0.6 is 23.2 Å². The van der Waals surface area contributed by atoms with Crippen LogP contribution in [0.4, 0.5) is 5.69 Å². The van der Waals surface area contributed by atoms with Gasteiger partial charge in [0.1, 0.15) is 15.8 Å². The van der Waals surface area contributed by atoms with Crippen LogP contribution in [0, 0.1) is 11.8 Å². The minimum absolute atomic E-state index is 0.00920. The van der Waals surface area contributed by atoms with E-state index in [1.165, 1.54) is 31.2 Å². The Morgan fingerprint density at radius 2 is 1.30 bits per heavy atom. The molecule has 1 saturated heterocycles. The molecule has 37 heavy (non-hydrogen) atoms. The fourth-order valence-corrected chi connectivity index (χ4v) is 7.26. The van der Waals surface area contributed by atoms with Gasteiger partial charge in [-0.1, -0.05) is 54.6 Å². The summed E-state index contributed by atoms with van der Waals surface area (Å²) in [7, 11) is 0. The van der Waals surface area contributed by atoms with Crippen molar-refractivity contribution >= 4 is 52.6 Å². The molecule has 3 amide bonds. The van der Waals surface area contributed by atoms with Crippen LogP contribution in [0.2, 0.25) is 0 Å². The Bertz CT molecular complexity index is 1410. The maximum absolute atomic E-state index is 14.0. The van der Waals surface area contributed by atoms with E-state index in [0.717, 1.165) is 4.90 Å². The highest BCUT2D eigenvalue weighted by molar-refractivity contribution is 6.36. The van der Waals surface area contributed by atoms with Crippen molar-refractivity contribution < 1.29 is 24.3 Å². The lowest BCUT2D eigenvalue weighted by Gasteiger charge is -2.54. The van der Waals surface area contributed by atoms with Gasteiger partial charge in [0.05, 0.1) is 17.4 Å². The first-order valence-electron chi connectivity index (χ1n) is 11.7. The Morgan fingerprint density at radius 3 is 1.73 bits per heavy atom. The molecule has 0 spiro atoms. The average Bonchev–Trinajstić information content (AvgIpc) is 3.17. The number of likely N-dealkylation sites (tertiary alicyclic amines) is 1. The molecule has 7 rings (SSSR count). The molecule has 1 aliphatic heterocycles. The first-order valence-corrected chi connectivity index (χ1v) is 12.5. The maximum Gasteiger partial charge on any atom is 0.335 e. The van der Waals surface area contributed by atoms with Crippen LogP contribution in [0.3, 0.4) is 0 Å². The summed E-state index contributed by atoms with van der Waals surface area (Å²) in [5, 5.41) is 11.8. The van der Waals surface area contributed by atoms with Crippen molar-refractivity contribution in [2.75, 3.05) is 5.32 Å². The molecule has 7 nitrogen and oxygen atoms in total. The number of aromatic carboxylic acids is 1. The molecule has 9 heteroatoms. The summed E-state index contributed by atoms with van der Waals surface area (Å²) in [6, 6.07) is 19.1. The van der Waals surface area contributed by atoms with Crippen LogP contribution in [0.5, 0.6) is 0 Å². The van der Waals surface area contributed by atoms with Gasteiger partial charge in [-0.25, -0.2) is 4.79 Å². The number of benzene rings is 3. The summed E-state index contributed by atoms with van der Waals surface area (Å²) in [5.41, 5.74) is 2.93. The smallest absolute Gasteiger partial charge is 0.335 e. The molecule has 3 aromatic rings. The summed E-state index contributed by atoms with van der Waals surface area (Å²) in [4.78, 5) is 50.7. The summed E-state index contributed by atoms with van der Waals surface area (Å²) < 4.78 is 0. The number of imide groups is 1.